The summed E-state index contributed by atoms with van der Waals surface area (Å²) in [6.45, 7) is 7.67. The number of carboxylic acid groups (broad SMARTS) is 1. The molecule has 0 spiro atoms. The van der Waals surface area contributed by atoms with Gasteiger partial charge in [-0.2, -0.15) is 0 Å². The van der Waals surface area contributed by atoms with Crippen LogP contribution in [0.5, 0.6) is 0 Å². The number of hydrogen-bond acceptors (Lipinski definition) is 5. The van der Waals surface area contributed by atoms with Crippen molar-refractivity contribution in [2.45, 2.75) is 38.8 Å². The number of aliphatic carboxylic acids is 1. The Bertz CT molecular complexity index is 425. The molecule has 0 aromatic rings. The lowest BCUT2D eigenvalue weighted by atomic mass is 10.1. The lowest BCUT2D eigenvalue weighted by molar-refractivity contribution is -0.144. The number of carbonyl (C=O) groups is 3. The predicted molar refractivity (Wildman–Crippen MR) is 79.5 cm³/mol. The van der Waals surface area contributed by atoms with E-state index in [1.165, 1.54) is 0 Å². The third-order valence-corrected chi connectivity index (χ3v) is 3.22. The van der Waals surface area contributed by atoms with Gasteiger partial charge in [0, 0.05) is 26.2 Å². The fourth-order valence-corrected chi connectivity index (χ4v) is 2.01. The van der Waals surface area contributed by atoms with Gasteiger partial charge < -0.3 is 25.0 Å². The van der Waals surface area contributed by atoms with Crippen LogP contribution in [0.15, 0.2) is 0 Å². The largest absolute Gasteiger partial charge is 0.480 e. The number of nitrogens with zero attached hydrogens (tertiary/aromatic N) is 2. The molecule has 0 aliphatic carbocycles. The summed E-state index contributed by atoms with van der Waals surface area (Å²) in [6.07, 6.45) is -1.12. The Hall–Kier alpha value is -1.83. The van der Waals surface area contributed by atoms with E-state index in [0.717, 1.165) is 13.1 Å². The molecule has 1 saturated heterocycles. The molecule has 126 valence electrons. The molecule has 1 aliphatic heterocycles. The van der Waals surface area contributed by atoms with Crippen molar-refractivity contribution in [1.82, 2.24) is 15.1 Å². The summed E-state index contributed by atoms with van der Waals surface area (Å²) >= 11 is 0. The van der Waals surface area contributed by atoms with E-state index < -0.39 is 23.7 Å². The first-order chi connectivity index (χ1) is 10.1. The monoisotopic (exact) mass is 315 g/mol. The number of hydrogen-bond donors (Lipinski definition) is 2. The molecule has 0 saturated carbocycles. The molecule has 2 N–H and O–H groups in total. The maximum atomic E-state index is 12.1. The summed E-state index contributed by atoms with van der Waals surface area (Å²) < 4.78 is 5.01. The molecule has 0 aromatic heterocycles. The second-order valence-electron chi connectivity index (χ2n) is 6.43. The number of nitrogens with one attached hydrogen (secondary N) is 1. The molecule has 1 heterocycles. The number of likely N-dealkylation sites (N-methyl/N-ethyl adjacent to an activating group) is 1. The van der Waals surface area contributed by atoms with Crippen molar-refractivity contribution in [1.29, 1.82) is 0 Å². The zero-order valence-corrected chi connectivity index (χ0v) is 13.6. The molecule has 1 unspecified atom stereocenters. The fraction of sp³-hybridized carbons (Fsp3) is 0.786. The fourth-order valence-electron chi connectivity index (χ4n) is 2.01. The molecule has 2 amide bonds. The molecule has 1 atom stereocenters. The quantitative estimate of drug-likeness (QED) is 0.765. The van der Waals surface area contributed by atoms with E-state index in [4.69, 9.17) is 9.84 Å². The highest BCUT2D eigenvalue weighted by Crippen LogP contribution is 2.08. The van der Waals surface area contributed by atoms with E-state index >= 15 is 0 Å². The maximum absolute atomic E-state index is 12.1. The predicted octanol–water partition coefficient (Wildman–Crippen LogP) is 0.128. The first kappa shape index (κ1) is 18.2. The van der Waals surface area contributed by atoms with E-state index in [-0.39, 0.29) is 12.3 Å². The first-order valence-corrected chi connectivity index (χ1v) is 7.27. The summed E-state index contributed by atoms with van der Waals surface area (Å²) in [5.41, 5.74) is -0.728. The van der Waals surface area contributed by atoms with Crippen LogP contribution in [0.25, 0.3) is 0 Å². The van der Waals surface area contributed by atoms with Crippen LogP contribution >= 0.6 is 0 Å². The third-order valence-electron chi connectivity index (χ3n) is 3.22. The van der Waals surface area contributed by atoms with Crippen molar-refractivity contribution < 1.29 is 24.2 Å². The molecule has 22 heavy (non-hydrogen) atoms. The van der Waals surface area contributed by atoms with Gasteiger partial charge in [-0.1, -0.05) is 0 Å². The number of carboxylic acids is 1. The van der Waals surface area contributed by atoms with Crippen LogP contribution in [0.3, 0.4) is 0 Å². The Kier molecular flexibility index (Phi) is 6.16. The lowest BCUT2D eigenvalue weighted by Gasteiger charge is -2.33. The van der Waals surface area contributed by atoms with Gasteiger partial charge in [-0.3, -0.25) is 4.79 Å². The van der Waals surface area contributed by atoms with E-state index in [2.05, 4.69) is 10.2 Å². The lowest BCUT2D eigenvalue weighted by Crippen LogP contribution is -2.50. The molecule has 1 aliphatic rings. The highest BCUT2D eigenvalue weighted by atomic mass is 16.6. The topological polar surface area (TPSA) is 99.2 Å². The van der Waals surface area contributed by atoms with Crippen LogP contribution in [0.4, 0.5) is 4.79 Å². The van der Waals surface area contributed by atoms with Gasteiger partial charge in [0.25, 0.3) is 0 Å². The maximum Gasteiger partial charge on any atom is 0.408 e. The average Bonchev–Trinajstić information content (AvgIpc) is 2.36. The van der Waals surface area contributed by atoms with E-state index in [0.29, 0.717) is 13.1 Å². The Labute approximate surface area is 130 Å². The number of alkyl carbamates (subject to hydrolysis) is 1. The summed E-state index contributed by atoms with van der Waals surface area (Å²) in [7, 11) is 1.96. The Morgan fingerprint density at radius 1 is 1.18 bits per heavy atom. The van der Waals surface area contributed by atoms with Crippen molar-refractivity contribution in [2.24, 2.45) is 0 Å². The number of rotatable bonds is 4. The zero-order chi connectivity index (χ0) is 16.9. The minimum Gasteiger partial charge on any atom is -0.480 e. The van der Waals surface area contributed by atoms with Gasteiger partial charge in [0.1, 0.15) is 11.6 Å². The Morgan fingerprint density at radius 2 is 1.73 bits per heavy atom. The second-order valence-corrected chi connectivity index (χ2v) is 6.43. The summed E-state index contributed by atoms with van der Waals surface area (Å²) in [5, 5.41) is 11.4. The number of piperazine rings is 1. The second kappa shape index (κ2) is 7.44. The average molecular weight is 315 g/mol. The van der Waals surface area contributed by atoms with Crippen molar-refractivity contribution in [3.63, 3.8) is 0 Å². The van der Waals surface area contributed by atoms with Gasteiger partial charge in [-0.05, 0) is 27.8 Å². The normalized spacial score (nSPS) is 17.7. The van der Waals surface area contributed by atoms with Crippen molar-refractivity contribution in [2.75, 3.05) is 33.2 Å². The third kappa shape index (κ3) is 6.30. The number of carbonyl (C=O) groups excluding carboxylic acids is 2. The van der Waals surface area contributed by atoms with Gasteiger partial charge in [0.15, 0.2) is 0 Å². The summed E-state index contributed by atoms with van der Waals surface area (Å²) in [6, 6.07) is -1.29. The number of amides is 2. The molecule has 1 rings (SSSR count). The molecule has 8 heteroatoms. The van der Waals surface area contributed by atoms with Crippen molar-refractivity contribution >= 4 is 18.0 Å². The van der Waals surface area contributed by atoms with Crippen LogP contribution in [0, 0.1) is 0 Å². The minimum absolute atomic E-state index is 0.279. The van der Waals surface area contributed by atoms with E-state index in [9.17, 15) is 14.4 Å². The van der Waals surface area contributed by atoms with E-state index in [1.54, 1.807) is 25.7 Å². The van der Waals surface area contributed by atoms with Crippen molar-refractivity contribution in [3.05, 3.63) is 0 Å². The van der Waals surface area contributed by atoms with Gasteiger partial charge in [0.05, 0.1) is 6.42 Å². The molecule has 0 bridgehead atoms. The van der Waals surface area contributed by atoms with Crippen LogP contribution in [0.1, 0.15) is 27.2 Å². The Balaban J connectivity index is 2.55. The van der Waals surface area contributed by atoms with Crippen LogP contribution < -0.4 is 5.32 Å². The summed E-state index contributed by atoms with van der Waals surface area (Å²) in [4.78, 5) is 38.7. The molecule has 1 fully saturated rings. The standard InChI is InChI=1S/C14H25N3O5/c1-14(2,3)22-13(21)15-10(12(19)20)9-11(18)17-7-5-16(4)6-8-17/h10H,5-9H2,1-4H3,(H,15,21)(H,19,20). The van der Waals surface area contributed by atoms with E-state index in [1.807, 2.05) is 7.05 Å². The molecule has 0 aromatic carbocycles. The summed E-state index contributed by atoms with van der Waals surface area (Å²) in [5.74, 6) is -1.54. The molecular weight excluding hydrogens is 290 g/mol. The van der Waals surface area contributed by atoms with Gasteiger partial charge in [-0.15, -0.1) is 0 Å². The zero-order valence-electron chi connectivity index (χ0n) is 13.6. The van der Waals surface area contributed by atoms with Gasteiger partial charge in [0.2, 0.25) is 5.91 Å². The molecular formula is C14H25N3O5. The highest BCUT2D eigenvalue weighted by Gasteiger charge is 2.29. The smallest absolute Gasteiger partial charge is 0.408 e. The highest BCUT2D eigenvalue weighted by molar-refractivity contribution is 5.87. The van der Waals surface area contributed by atoms with Gasteiger partial charge >= 0.3 is 12.1 Å². The van der Waals surface area contributed by atoms with Gasteiger partial charge in [-0.25, -0.2) is 9.59 Å². The van der Waals surface area contributed by atoms with Crippen LogP contribution in [0.2, 0.25) is 0 Å². The van der Waals surface area contributed by atoms with Crippen LogP contribution in [-0.4, -0.2) is 77.7 Å². The van der Waals surface area contributed by atoms with Crippen molar-refractivity contribution in [3.8, 4) is 0 Å². The molecule has 8 nitrogen and oxygen atoms in total. The molecule has 0 radical (unpaired) electrons. The SMILES string of the molecule is CN1CCN(C(=O)CC(NC(=O)OC(C)(C)C)C(=O)O)CC1. The Morgan fingerprint density at radius 3 is 2.18 bits per heavy atom. The first-order valence-electron chi connectivity index (χ1n) is 7.27. The van der Waals surface area contributed by atoms with Crippen LogP contribution in [-0.2, 0) is 14.3 Å². The number of ether oxygens (including phenoxy) is 1. The minimum atomic E-state index is -1.29.